The molecular weight excluding hydrogens is 479 g/mol. The molecule has 0 radical (unpaired) electrons. The molecule has 1 atom stereocenters. The van der Waals surface area contributed by atoms with Crippen LogP contribution in [0.5, 0.6) is 5.75 Å². The van der Waals surface area contributed by atoms with Crippen LogP contribution in [0.2, 0.25) is 5.02 Å². The van der Waals surface area contributed by atoms with E-state index in [9.17, 15) is 21.6 Å². The Morgan fingerprint density at radius 3 is 2.09 bits per heavy atom. The van der Waals surface area contributed by atoms with Crippen LogP contribution in [-0.4, -0.2) is 43.8 Å². The Balaban J connectivity index is 0.000000555. The number of alkyl halides is 3. The fourth-order valence-electron chi connectivity index (χ4n) is 4.09. The van der Waals surface area contributed by atoms with E-state index in [0.717, 1.165) is 30.2 Å². The van der Waals surface area contributed by atoms with Gasteiger partial charge < -0.3 is 4.74 Å². The van der Waals surface area contributed by atoms with Gasteiger partial charge in [-0.15, -0.1) is 0 Å². The highest BCUT2D eigenvalue weighted by atomic mass is 35.5. The Bertz CT molecular complexity index is 995. The second kappa shape index (κ2) is 10.6. The smallest absolute Gasteiger partial charge is 0.416 e. The van der Waals surface area contributed by atoms with Gasteiger partial charge >= 0.3 is 6.18 Å². The zero-order valence-electron chi connectivity index (χ0n) is 18.1. The minimum atomic E-state index is -4.31. The Labute approximate surface area is 197 Å². The first kappa shape index (κ1) is 25.8. The van der Waals surface area contributed by atoms with Gasteiger partial charge in [0.2, 0.25) is 0 Å². The zero-order valence-corrected chi connectivity index (χ0v) is 19.7. The molecule has 1 aliphatic heterocycles. The number of hydrogen-bond acceptors (Lipinski definition) is 4. The Kier molecular flexibility index (Phi) is 8.31. The summed E-state index contributed by atoms with van der Waals surface area (Å²) in [5.41, 5.74) is 0.664. The summed E-state index contributed by atoms with van der Waals surface area (Å²) in [5.74, 6) is 1.58. The average molecular weight is 506 g/mol. The maximum atomic E-state index is 12.6. The van der Waals surface area contributed by atoms with Crippen molar-refractivity contribution < 1.29 is 30.9 Å². The summed E-state index contributed by atoms with van der Waals surface area (Å²) in [6.07, 6.45) is 0.217. The fraction of sp³-hybridized carbons (Fsp3) is 0.478. The van der Waals surface area contributed by atoms with Crippen molar-refractivity contribution in [1.82, 2.24) is 4.90 Å². The van der Waals surface area contributed by atoms with Crippen molar-refractivity contribution >= 4 is 21.7 Å². The summed E-state index contributed by atoms with van der Waals surface area (Å²) in [6, 6.07) is 13.5. The summed E-state index contributed by atoms with van der Waals surface area (Å²) in [7, 11) is -3.67. The van der Waals surface area contributed by atoms with E-state index in [-0.39, 0.29) is 0 Å². The number of hydrogen-bond donors (Lipinski definition) is 1. The Morgan fingerprint density at radius 2 is 1.64 bits per heavy atom. The number of nitrogens with zero attached hydrogens (tertiary/aromatic N) is 1. The first-order valence-electron chi connectivity index (χ1n) is 10.6. The van der Waals surface area contributed by atoms with Crippen molar-refractivity contribution in [3.8, 4) is 5.75 Å². The highest BCUT2D eigenvalue weighted by Crippen LogP contribution is 2.44. The summed E-state index contributed by atoms with van der Waals surface area (Å²) >= 11 is 6.04. The highest BCUT2D eigenvalue weighted by molar-refractivity contribution is 7.85. The second-order valence-electron chi connectivity index (χ2n) is 8.57. The van der Waals surface area contributed by atoms with E-state index in [0.29, 0.717) is 36.5 Å². The molecule has 1 saturated carbocycles. The Morgan fingerprint density at radius 1 is 1.09 bits per heavy atom. The third kappa shape index (κ3) is 7.88. The molecule has 0 amide bonds. The molecule has 10 heteroatoms. The van der Waals surface area contributed by atoms with Crippen LogP contribution in [-0.2, 0) is 16.3 Å². The molecule has 5 nitrogen and oxygen atoms in total. The number of halogens is 4. The first-order chi connectivity index (χ1) is 15.4. The second-order valence-corrected chi connectivity index (χ2v) is 10.5. The molecule has 2 aliphatic rings. The van der Waals surface area contributed by atoms with Gasteiger partial charge in [0.1, 0.15) is 5.75 Å². The van der Waals surface area contributed by atoms with Crippen molar-refractivity contribution in [3.05, 3.63) is 64.7 Å². The molecule has 2 fully saturated rings. The molecule has 182 valence electrons. The minimum Gasteiger partial charge on any atom is -0.493 e. The molecule has 1 aliphatic carbocycles. The summed E-state index contributed by atoms with van der Waals surface area (Å²) in [6.45, 7) is 2.43. The number of likely N-dealkylation sites (tertiary alicyclic amines) is 1. The molecule has 2 aromatic rings. The van der Waals surface area contributed by atoms with E-state index in [2.05, 4.69) is 17.0 Å². The lowest BCUT2D eigenvalue weighted by Gasteiger charge is -2.49. The van der Waals surface area contributed by atoms with Gasteiger partial charge in [0.05, 0.1) is 18.4 Å². The standard InChI is InChI=1S/C22H23ClF3NO.CH4O3S/c23-19-8-4-17(5-9-19)21(16-2-1-3-16)27-12-15(13-27)14-28-20-10-6-18(7-11-20)22(24,25)26;1-5(2,3)4/h4-11,15-16,21H,1-3,12-14H2;1H3,(H,2,3,4). The lowest BCUT2D eigenvalue weighted by Crippen LogP contribution is -2.53. The summed E-state index contributed by atoms with van der Waals surface area (Å²) in [5, 5.41) is 0.752. The molecular formula is C23H27ClF3NO4S. The minimum absolute atomic E-state index is 0.400. The molecule has 0 spiro atoms. The van der Waals surface area contributed by atoms with E-state index in [1.165, 1.54) is 37.0 Å². The van der Waals surface area contributed by atoms with Crippen LogP contribution in [0.25, 0.3) is 0 Å². The van der Waals surface area contributed by atoms with Crippen LogP contribution in [0.15, 0.2) is 48.5 Å². The lowest BCUT2D eigenvalue weighted by atomic mass is 9.75. The zero-order chi connectivity index (χ0) is 24.2. The molecule has 33 heavy (non-hydrogen) atoms. The maximum Gasteiger partial charge on any atom is 0.416 e. The average Bonchev–Trinajstić information content (AvgIpc) is 2.63. The molecule has 1 heterocycles. The van der Waals surface area contributed by atoms with Crippen molar-refractivity contribution in [3.63, 3.8) is 0 Å². The topological polar surface area (TPSA) is 66.8 Å². The van der Waals surface area contributed by atoms with Crippen molar-refractivity contribution in [2.75, 3.05) is 26.0 Å². The van der Waals surface area contributed by atoms with Gasteiger partial charge in [0.15, 0.2) is 0 Å². The van der Waals surface area contributed by atoms with Crippen LogP contribution in [0, 0.1) is 11.8 Å². The maximum absolute atomic E-state index is 12.6. The molecule has 1 saturated heterocycles. The van der Waals surface area contributed by atoms with Gasteiger partial charge in [0, 0.05) is 30.1 Å². The Hall–Kier alpha value is -1.81. The first-order valence-corrected chi connectivity index (χ1v) is 12.8. The number of ether oxygens (including phenoxy) is 1. The largest absolute Gasteiger partial charge is 0.493 e. The highest BCUT2D eigenvalue weighted by Gasteiger charge is 2.39. The van der Waals surface area contributed by atoms with Gasteiger partial charge in [-0.25, -0.2) is 0 Å². The van der Waals surface area contributed by atoms with E-state index >= 15 is 0 Å². The third-order valence-electron chi connectivity index (χ3n) is 5.85. The summed E-state index contributed by atoms with van der Waals surface area (Å²) < 4.78 is 69.5. The van der Waals surface area contributed by atoms with Crippen molar-refractivity contribution in [2.45, 2.75) is 31.5 Å². The lowest BCUT2D eigenvalue weighted by molar-refractivity contribution is -0.137. The molecule has 1 unspecified atom stereocenters. The van der Waals surface area contributed by atoms with Gasteiger partial charge in [-0.05, 0) is 60.7 Å². The normalized spacial score (nSPS) is 18.5. The van der Waals surface area contributed by atoms with Crippen LogP contribution in [0.4, 0.5) is 13.2 Å². The van der Waals surface area contributed by atoms with Crippen molar-refractivity contribution in [2.24, 2.45) is 11.8 Å². The molecule has 0 bridgehead atoms. The van der Waals surface area contributed by atoms with Gasteiger partial charge in [-0.1, -0.05) is 30.2 Å². The van der Waals surface area contributed by atoms with Crippen LogP contribution < -0.4 is 4.74 Å². The summed E-state index contributed by atoms with van der Waals surface area (Å²) in [4.78, 5) is 2.49. The molecule has 4 rings (SSSR count). The van der Waals surface area contributed by atoms with Gasteiger partial charge in [0.25, 0.3) is 10.1 Å². The van der Waals surface area contributed by atoms with Gasteiger partial charge in [-0.3, -0.25) is 9.45 Å². The third-order valence-corrected chi connectivity index (χ3v) is 6.11. The van der Waals surface area contributed by atoms with Gasteiger partial charge in [-0.2, -0.15) is 21.6 Å². The molecule has 2 aromatic carbocycles. The predicted octanol–water partition coefficient (Wildman–Crippen LogP) is 5.71. The van der Waals surface area contributed by atoms with E-state index < -0.39 is 21.9 Å². The van der Waals surface area contributed by atoms with E-state index in [4.69, 9.17) is 20.9 Å². The SMILES string of the molecule is CS(=O)(=O)O.FC(F)(F)c1ccc(OCC2CN(C(c3ccc(Cl)cc3)C3CCC3)C2)cc1. The molecule has 0 aromatic heterocycles. The van der Waals surface area contributed by atoms with Crippen LogP contribution >= 0.6 is 11.6 Å². The molecule has 1 N–H and O–H groups in total. The van der Waals surface area contributed by atoms with E-state index in [1.54, 1.807) is 0 Å². The monoisotopic (exact) mass is 505 g/mol. The van der Waals surface area contributed by atoms with E-state index in [1.807, 2.05) is 12.1 Å². The van der Waals surface area contributed by atoms with Crippen LogP contribution in [0.1, 0.15) is 36.4 Å². The predicted molar refractivity (Wildman–Crippen MR) is 121 cm³/mol. The fourth-order valence-corrected chi connectivity index (χ4v) is 4.22. The number of rotatable bonds is 6. The number of benzene rings is 2. The quantitative estimate of drug-likeness (QED) is 0.509. The van der Waals surface area contributed by atoms with Crippen LogP contribution in [0.3, 0.4) is 0 Å². The van der Waals surface area contributed by atoms with Crippen molar-refractivity contribution in [1.29, 1.82) is 0 Å².